The summed E-state index contributed by atoms with van der Waals surface area (Å²) in [4.78, 5) is 4.16. The Labute approximate surface area is 110 Å². The van der Waals surface area contributed by atoms with E-state index in [-0.39, 0.29) is 12.0 Å². The number of hydrogen-bond acceptors (Lipinski definition) is 5. The molecule has 2 heterocycles. The van der Waals surface area contributed by atoms with Crippen molar-refractivity contribution in [2.45, 2.75) is 13.0 Å². The maximum absolute atomic E-state index is 5.66. The molecular weight excluding hydrogens is 242 g/mol. The molecule has 0 bridgehead atoms. The molecule has 1 aliphatic heterocycles. The number of anilines is 2. The molecule has 1 atom stereocenters. The fraction of sp³-hybridized carbons (Fsp3) is 0.231. The summed E-state index contributed by atoms with van der Waals surface area (Å²) < 4.78 is 6.95. The highest BCUT2D eigenvalue weighted by atomic mass is 16.5. The van der Waals surface area contributed by atoms with Gasteiger partial charge in [0.05, 0.1) is 7.11 Å². The van der Waals surface area contributed by atoms with E-state index in [0.717, 1.165) is 17.0 Å². The van der Waals surface area contributed by atoms with Crippen LogP contribution in [0.15, 0.2) is 36.0 Å². The molecule has 0 unspecified atom stereocenters. The van der Waals surface area contributed by atoms with Crippen LogP contribution < -0.4 is 15.8 Å². The van der Waals surface area contributed by atoms with Crippen molar-refractivity contribution in [3.05, 3.63) is 41.6 Å². The molecule has 0 saturated heterocycles. The van der Waals surface area contributed by atoms with Crippen molar-refractivity contribution >= 4 is 11.9 Å². The summed E-state index contributed by atoms with van der Waals surface area (Å²) in [6.07, 6.45) is 2.09. The smallest absolute Gasteiger partial charge is 0.241 e. The summed E-state index contributed by atoms with van der Waals surface area (Å²) in [5.41, 5.74) is 7.80. The minimum absolute atomic E-state index is 0.00745. The van der Waals surface area contributed by atoms with Gasteiger partial charge < -0.3 is 15.8 Å². The Morgan fingerprint density at radius 3 is 2.74 bits per heavy atom. The van der Waals surface area contributed by atoms with Crippen molar-refractivity contribution in [1.82, 2.24) is 14.8 Å². The van der Waals surface area contributed by atoms with Gasteiger partial charge >= 0.3 is 0 Å². The molecule has 0 spiro atoms. The van der Waals surface area contributed by atoms with E-state index in [1.165, 1.54) is 0 Å². The summed E-state index contributed by atoms with van der Waals surface area (Å²) in [5.74, 6) is 1.76. The lowest BCUT2D eigenvalue weighted by Gasteiger charge is -2.22. The fourth-order valence-corrected chi connectivity index (χ4v) is 2.18. The van der Waals surface area contributed by atoms with Crippen LogP contribution in [0.4, 0.5) is 11.9 Å². The highest BCUT2D eigenvalue weighted by Crippen LogP contribution is 2.29. The average Bonchev–Trinajstić information content (AvgIpc) is 2.78. The van der Waals surface area contributed by atoms with Crippen molar-refractivity contribution in [2.24, 2.45) is 0 Å². The van der Waals surface area contributed by atoms with Gasteiger partial charge in [0.25, 0.3) is 0 Å². The third kappa shape index (κ3) is 2.01. The van der Waals surface area contributed by atoms with Gasteiger partial charge in [-0.1, -0.05) is 12.1 Å². The maximum Gasteiger partial charge on any atom is 0.241 e. The number of fused-ring (bicyclic) bond motifs is 1. The van der Waals surface area contributed by atoms with Crippen LogP contribution in [0.1, 0.15) is 18.5 Å². The standard InChI is InChI=1S/C13H15N5O/c1-8-7-11(9-3-5-10(19-2)6-4-9)18-13(15-8)16-12(14)17-18/h3-7,11H,1-2H3,(H3,14,15,16,17)/t11-/m1/s1. The number of benzene rings is 1. The predicted molar refractivity (Wildman–Crippen MR) is 72.9 cm³/mol. The highest BCUT2D eigenvalue weighted by molar-refractivity contribution is 5.45. The highest BCUT2D eigenvalue weighted by Gasteiger charge is 2.22. The topological polar surface area (TPSA) is 78.0 Å². The first-order chi connectivity index (χ1) is 9.17. The fourth-order valence-electron chi connectivity index (χ4n) is 2.18. The summed E-state index contributed by atoms with van der Waals surface area (Å²) >= 11 is 0. The number of nitrogens with zero attached hydrogens (tertiary/aromatic N) is 3. The maximum atomic E-state index is 5.66. The number of nitrogens with one attached hydrogen (secondary N) is 1. The first-order valence-electron chi connectivity index (χ1n) is 5.99. The number of nitrogens with two attached hydrogens (primary N) is 1. The van der Waals surface area contributed by atoms with Gasteiger partial charge in [0.2, 0.25) is 11.9 Å². The first kappa shape index (κ1) is 11.6. The van der Waals surface area contributed by atoms with Crippen LogP contribution in [0.3, 0.4) is 0 Å². The van der Waals surface area contributed by atoms with Crippen LogP contribution in [0.5, 0.6) is 5.75 Å². The zero-order chi connectivity index (χ0) is 13.4. The van der Waals surface area contributed by atoms with Gasteiger partial charge in [-0.05, 0) is 30.7 Å². The number of methoxy groups -OCH3 is 1. The van der Waals surface area contributed by atoms with E-state index in [1.807, 2.05) is 31.2 Å². The predicted octanol–water partition coefficient (Wildman–Crippen LogP) is 1.79. The summed E-state index contributed by atoms with van der Waals surface area (Å²) in [5, 5.41) is 7.38. The molecule has 1 aromatic heterocycles. The van der Waals surface area contributed by atoms with E-state index in [0.29, 0.717) is 5.95 Å². The van der Waals surface area contributed by atoms with Crippen LogP contribution >= 0.6 is 0 Å². The Morgan fingerprint density at radius 2 is 2.05 bits per heavy atom. The van der Waals surface area contributed by atoms with Crippen LogP contribution in [0.2, 0.25) is 0 Å². The lowest BCUT2D eigenvalue weighted by Crippen LogP contribution is -2.19. The van der Waals surface area contributed by atoms with Crippen molar-refractivity contribution in [1.29, 1.82) is 0 Å². The lowest BCUT2D eigenvalue weighted by atomic mass is 10.0. The second-order valence-corrected chi connectivity index (χ2v) is 4.43. The van der Waals surface area contributed by atoms with Gasteiger partial charge in [-0.15, -0.1) is 5.10 Å². The molecule has 0 saturated carbocycles. The summed E-state index contributed by atoms with van der Waals surface area (Å²) in [6.45, 7) is 1.99. The molecule has 3 rings (SSSR count). The van der Waals surface area contributed by atoms with Crippen molar-refractivity contribution in [3.63, 3.8) is 0 Å². The quantitative estimate of drug-likeness (QED) is 0.857. The van der Waals surface area contributed by atoms with Crippen LogP contribution in [0.25, 0.3) is 0 Å². The molecule has 6 heteroatoms. The van der Waals surface area contributed by atoms with E-state index >= 15 is 0 Å². The Kier molecular flexibility index (Phi) is 2.63. The van der Waals surface area contributed by atoms with E-state index in [9.17, 15) is 0 Å². The second kappa shape index (κ2) is 4.31. The third-order valence-electron chi connectivity index (χ3n) is 3.09. The zero-order valence-corrected chi connectivity index (χ0v) is 10.8. The van der Waals surface area contributed by atoms with Gasteiger partial charge in [0.15, 0.2) is 0 Å². The van der Waals surface area contributed by atoms with E-state index in [2.05, 4.69) is 21.5 Å². The molecule has 0 aliphatic carbocycles. The number of ether oxygens (including phenoxy) is 1. The third-order valence-corrected chi connectivity index (χ3v) is 3.09. The van der Waals surface area contributed by atoms with Crippen molar-refractivity contribution in [3.8, 4) is 5.75 Å². The minimum atomic E-state index is -0.00745. The molecule has 0 radical (unpaired) electrons. The normalized spacial score (nSPS) is 17.4. The number of hydrogen-bond donors (Lipinski definition) is 2. The Bertz CT molecular complexity index is 629. The van der Waals surface area contributed by atoms with E-state index < -0.39 is 0 Å². The Balaban J connectivity index is 2.04. The number of aromatic nitrogens is 3. The van der Waals surface area contributed by atoms with Crippen LogP contribution in [-0.2, 0) is 0 Å². The lowest BCUT2D eigenvalue weighted by molar-refractivity contribution is 0.414. The zero-order valence-electron chi connectivity index (χ0n) is 10.8. The molecule has 2 aromatic rings. The number of nitrogen functional groups attached to an aromatic ring is 1. The molecule has 19 heavy (non-hydrogen) atoms. The summed E-state index contributed by atoms with van der Waals surface area (Å²) in [6, 6.07) is 7.88. The molecule has 1 aromatic carbocycles. The van der Waals surface area contributed by atoms with Crippen LogP contribution in [-0.4, -0.2) is 21.9 Å². The number of rotatable bonds is 2. The minimum Gasteiger partial charge on any atom is -0.497 e. The van der Waals surface area contributed by atoms with Crippen LogP contribution in [0, 0.1) is 0 Å². The first-order valence-corrected chi connectivity index (χ1v) is 5.99. The average molecular weight is 257 g/mol. The van der Waals surface area contributed by atoms with Gasteiger partial charge in [-0.2, -0.15) is 4.98 Å². The molecule has 98 valence electrons. The SMILES string of the molecule is COc1ccc([C@H]2C=C(C)Nc3nc(N)nn32)cc1. The van der Waals surface area contributed by atoms with E-state index in [1.54, 1.807) is 11.8 Å². The molecule has 1 aliphatic rings. The van der Waals surface area contributed by atoms with Gasteiger partial charge in [-0.3, -0.25) is 0 Å². The Morgan fingerprint density at radius 1 is 1.32 bits per heavy atom. The van der Waals surface area contributed by atoms with Gasteiger partial charge in [0, 0.05) is 5.70 Å². The number of allylic oxidation sites excluding steroid dienone is 2. The van der Waals surface area contributed by atoms with Crippen molar-refractivity contribution < 1.29 is 4.74 Å². The largest absolute Gasteiger partial charge is 0.497 e. The van der Waals surface area contributed by atoms with E-state index in [4.69, 9.17) is 10.5 Å². The van der Waals surface area contributed by atoms with Gasteiger partial charge in [-0.25, -0.2) is 4.68 Å². The molecule has 6 nitrogen and oxygen atoms in total. The van der Waals surface area contributed by atoms with Crippen molar-refractivity contribution in [2.75, 3.05) is 18.2 Å². The molecule has 0 amide bonds. The Hall–Kier alpha value is -2.50. The molecule has 3 N–H and O–H groups in total. The monoisotopic (exact) mass is 257 g/mol. The molecule has 0 fully saturated rings. The summed E-state index contributed by atoms with van der Waals surface area (Å²) in [7, 11) is 1.65. The van der Waals surface area contributed by atoms with Gasteiger partial charge in [0.1, 0.15) is 11.8 Å². The second-order valence-electron chi connectivity index (χ2n) is 4.43. The molecular formula is C13H15N5O.